The number of thiazole rings is 1. The van der Waals surface area contributed by atoms with Crippen LogP contribution in [0.3, 0.4) is 0 Å². The third kappa shape index (κ3) is 4.58. The normalized spacial score (nSPS) is 16.8. The van der Waals surface area contributed by atoms with Gasteiger partial charge in [0, 0.05) is 12.9 Å². The Hall–Kier alpha value is -2.49. The average Bonchev–Trinajstić information content (AvgIpc) is 3.34. The maximum Gasteiger partial charge on any atom is 0.261 e. The fourth-order valence-corrected chi connectivity index (χ4v) is 4.71. The standard InChI is InChI=1S/C20H20N2O5S2/c1-29(24,25)14-8-9-16-18(11-14)28-20(21-16)22-19(23)15-6-2-3-7-17(15)27-12-13-5-4-10-26-13/h2-3,6-9,11,13H,4-5,10,12H2,1H3,(H,21,22,23). The lowest BCUT2D eigenvalue weighted by molar-refractivity contribution is 0.0673. The number of anilines is 1. The van der Waals surface area contributed by atoms with Crippen molar-refractivity contribution >= 4 is 42.4 Å². The summed E-state index contributed by atoms with van der Waals surface area (Å²) in [6, 6.07) is 11.7. The second-order valence-electron chi connectivity index (χ2n) is 6.82. The van der Waals surface area contributed by atoms with Crippen molar-refractivity contribution in [3.63, 3.8) is 0 Å². The van der Waals surface area contributed by atoms with Crippen LogP contribution in [-0.2, 0) is 14.6 Å². The predicted octanol–water partition coefficient (Wildman–Crippen LogP) is 3.51. The first kappa shape index (κ1) is 19.8. The van der Waals surface area contributed by atoms with Crippen LogP contribution in [0.2, 0.25) is 0 Å². The fourth-order valence-electron chi connectivity index (χ4n) is 3.09. The Labute approximate surface area is 172 Å². The van der Waals surface area contributed by atoms with E-state index < -0.39 is 9.84 Å². The van der Waals surface area contributed by atoms with Crippen LogP contribution in [0.5, 0.6) is 5.75 Å². The van der Waals surface area contributed by atoms with E-state index in [1.807, 2.05) is 6.07 Å². The number of aromatic nitrogens is 1. The van der Waals surface area contributed by atoms with Crippen molar-refractivity contribution in [3.05, 3.63) is 48.0 Å². The van der Waals surface area contributed by atoms with E-state index in [9.17, 15) is 13.2 Å². The third-order valence-electron chi connectivity index (χ3n) is 4.59. The minimum atomic E-state index is -3.31. The highest BCUT2D eigenvalue weighted by Gasteiger charge is 2.19. The minimum absolute atomic E-state index is 0.0550. The summed E-state index contributed by atoms with van der Waals surface area (Å²) in [6.45, 7) is 1.15. The Morgan fingerprint density at radius 1 is 1.31 bits per heavy atom. The molecule has 1 atom stereocenters. The largest absolute Gasteiger partial charge is 0.490 e. The molecule has 0 aliphatic carbocycles. The number of carbonyl (C=O) groups is 1. The van der Waals surface area contributed by atoms with Crippen LogP contribution in [0.1, 0.15) is 23.2 Å². The predicted molar refractivity (Wildman–Crippen MR) is 112 cm³/mol. The second kappa shape index (κ2) is 8.10. The van der Waals surface area contributed by atoms with Gasteiger partial charge in [0.05, 0.1) is 26.8 Å². The molecule has 1 aromatic heterocycles. The summed E-state index contributed by atoms with van der Waals surface area (Å²) in [7, 11) is -3.31. The van der Waals surface area contributed by atoms with Gasteiger partial charge in [-0.2, -0.15) is 0 Å². The molecule has 7 nitrogen and oxygen atoms in total. The molecule has 1 aliphatic heterocycles. The molecular formula is C20H20N2O5S2. The fraction of sp³-hybridized carbons (Fsp3) is 0.300. The van der Waals surface area contributed by atoms with Gasteiger partial charge in [-0.1, -0.05) is 23.5 Å². The molecule has 9 heteroatoms. The molecule has 152 valence electrons. The number of nitrogens with one attached hydrogen (secondary N) is 1. The summed E-state index contributed by atoms with van der Waals surface area (Å²) in [6.07, 6.45) is 3.19. The van der Waals surface area contributed by atoms with E-state index in [0.717, 1.165) is 25.7 Å². The van der Waals surface area contributed by atoms with E-state index >= 15 is 0 Å². The Morgan fingerprint density at radius 3 is 2.90 bits per heavy atom. The Balaban J connectivity index is 1.52. The summed E-state index contributed by atoms with van der Waals surface area (Å²) in [5.41, 5.74) is 1.03. The van der Waals surface area contributed by atoms with Gasteiger partial charge in [0.2, 0.25) is 0 Å². The number of carbonyl (C=O) groups excluding carboxylic acids is 1. The van der Waals surface area contributed by atoms with Crippen LogP contribution in [0.4, 0.5) is 5.13 Å². The molecule has 2 aromatic carbocycles. The van der Waals surface area contributed by atoms with E-state index in [1.165, 1.54) is 17.4 Å². The van der Waals surface area contributed by atoms with E-state index in [4.69, 9.17) is 9.47 Å². The summed E-state index contributed by atoms with van der Waals surface area (Å²) < 4.78 is 35.5. The molecule has 0 spiro atoms. The highest BCUT2D eigenvalue weighted by Crippen LogP contribution is 2.29. The van der Waals surface area contributed by atoms with Gasteiger partial charge in [-0.3, -0.25) is 10.1 Å². The number of benzene rings is 2. The summed E-state index contributed by atoms with van der Waals surface area (Å²) >= 11 is 1.22. The van der Waals surface area contributed by atoms with Crippen molar-refractivity contribution < 1.29 is 22.7 Å². The summed E-state index contributed by atoms with van der Waals surface area (Å²) in [5.74, 6) is 0.149. The van der Waals surface area contributed by atoms with Crippen LogP contribution < -0.4 is 10.1 Å². The van der Waals surface area contributed by atoms with E-state index in [2.05, 4.69) is 10.3 Å². The van der Waals surface area contributed by atoms with Crippen LogP contribution in [-0.4, -0.2) is 44.9 Å². The number of amides is 1. The average molecular weight is 433 g/mol. The first-order valence-corrected chi connectivity index (χ1v) is 11.9. The maximum atomic E-state index is 12.8. The highest BCUT2D eigenvalue weighted by molar-refractivity contribution is 7.90. The van der Waals surface area contributed by atoms with Crippen molar-refractivity contribution in [1.29, 1.82) is 0 Å². The van der Waals surface area contributed by atoms with Crippen LogP contribution in [0, 0.1) is 0 Å². The van der Waals surface area contributed by atoms with Crippen molar-refractivity contribution in [1.82, 2.24) is 4.98 Å². The van der Waals surface area contributed by atoms with Gasteiger partial charge in [0.1, 0.15) is 12.4 Å². The molecule has 0 bridgehead atoms. The summed E-state index contributed by atoms with van der Waals surface area (Å²) in [5, 5.41) is 3.18. The maximum absolute atomic E-state index is 12.8. The number of ether oxygens (including phenoxy) is 2. The highest BCUT2D eigenvalue weighted by atomic mass is 32.2. The first-order chi connectivity index (χ1) is 13.9. The van der Waals surface area contributed by atoms with E-state index in [1.54, 1.807) is 30.3 Å². The van der Waals surface area contributed by atoms with Crippen molar-refractivity contribution in [2.24, 2.45) is 0 Å². The molecule has 3 aromatic rings. The Morgan fingerprint density at radius 2 is 2.14 bits per heavy atom. The van der Waals surface area contributed by atoms with Crippen molar-refractivity contribution in [3.8, 4) is 5.75 Å². The molecule has 1 fully saturated rings. The number of hydrogen-bond acceptors (Lipinski definition) is 7. The third-order valence-corrected chi connectivity index (χ3v) is 6.63. The van der Waals surface area contributed by atoms with Crippen LogP contribution >= 0.6 is 11.3 Å². The zero-order chi connectivity index (χ0) is 20.4. The van der Waals surface area contributed by atoms with Crippen LogP contribution in [0.15, 0.2) is 47.4 Å². The quantitative estimate of drug-likeness (QED) is 0.641. The Kier molecular flexibility index (Phi) is 5.53. The van der Waals surface area contributed by atoms with E-state index in [0.29, 0.717) is 33.3 Å². The smallest absolute Gasteiger partial charge is 0.261 e. The number of hydrogen-bond donors (Lipinski definition) is 1. The van der Waals surface area contributed by atoms with Gasteiger partial charge in [0.25, 0.3) is 5.91 Å². The second-order valence-corrected chi connectivity index (χ2v) is 9.86. The van der Waals surface area contributed by atoms with Gasteiger partial charge in [-0.05, 0) is 43.2 Å². The summed E-state index contributed by atoms with van der Waals surface area (Å²) in [4.78, 5) is 17.4. The van der Waals surface area contributed by atoms with E-state index in [-0.39, 0.29) is 16.9 Å². The zero-order valence-electron chi connectivity index (χ0n) is 15.8. The number of sulfone groups is 1. The lowest BCUT2D eigenvalue weighted by atomic mass is 10.2. The molecule has 4 rings (SSSR count). The zero-order valence-corrected chi connectivity index (χ0v) is 17.4. The number of nitrogens with zero attached hydrogens (tertiary/aromatic N) is 1. The van der Waals surface area contributed by atoms with Gasteiger partial charge in [0.15, 0.2) is 15.0 Å². The molecular weight excluding hydrogens is 412 g/mol. The number of rotatable bonds is 6. The molecule has 1 unspecified atom stereocenters. The lowest BCUT2D eigenvalue weighted by Crippen LogP contribution is -2.19. The SMILES string of the molecule is CS(=O)(=O)c1ccc2nc(NC(=O)c3ccccc3OCC3CCCO3)sc2c1. The molecule has 0 saturated carbocycles. The number of para-hydroxylation sites is 1. The molecule has 2 heterocycles. The van der Waals surface area contributed by atoms with Gasteiger partial charge in [-0.15, -0.1) is 0 Å². The molecule has 0 radical (unpaired) electrons. The first-order valence-electron chi connectivity index (χ1n) is 9.15. The van der Waals surface area contributed by atoms with Gasteiger partial charge >= 0.3 is 0 Å². The monoisotopic (exact) mass is 432 g/mol. The lowest BCUT2D eigenvalue weighted by Gasteiger charge is -2.14. The molecule has 1 N–H and O–H groups in total. The van der Waals surface area contributed by atoms with Gasteiger partial charge in [-0.25, -0.2) is 13.4 Å². The Bertz CT molecular complexity index is 1150. The van der Waals surface area contributed by atoms with Gasteiger partial charge < -0.3 is 9.47 Å². The minimum Gasteiger partial charge on any atom is -0.490 e. The molecule has 1 amide bonds. The molecule has 1 aliphatic rings. The topological polar surface area (TPSA) is 94.6 Å². The molecule has 1 saturated heterocycles. The molecule has 29 heavy (non-hydrogen) atoms. The van der Waals surface area contributed by atoms with Crippen molar-refractivity contribution in [2.45, 2.75) is 23.8 Å². The number of fused-ring (bicyclic) bond motifs is 1. The van der Waals surface area contributed by atoms with Crippen molar-refractivity contribution in [2.75, 3.05) is 24.8 Å². The van der Waals surface area contributed by atoms with Crippen LogP contribution in [0.25, 0.3) is 10.2 Å².